The van der Waals surface area contributed by atoms with E-state index < -0.39 is 45.2 Å². The molecule has 0 saturated heterocycles. The highest BCUT2D eigenvalue weighted by Crippen LogP contribution is 2.48. The average molecular weight is 376 g/mol. The van der Waals surface area contributed by atoms with E-state index in [4.69, 9.17) is 0 Å². The van der Waals surface area contributed by atoms with Crippen LogP contribution in [0, 0.1) is 5.82 Å². The second kappa shape index (κ2) is 5.85. The fraction of sp³-hybridized carbons (Fsp3) is 0.400. The van der Waals surface area contributed by atoms with Gasteiger partial charge in [-0.05, 0) is 17.7 Å². The number of rotatable bonds is 4. The van der Waals surface area contributed by atoms with Gasteiger partial charge < -0.3 is 0 Å². The maximum atomic E-state index is 13.3. The van der Waals surface area contributed by atoms with Gasteiger partial charge in [-0.3, -0.25) is 0 Å². The summed E-state index contributed by atoms with van der Waals surface area (Å²) < 4.78 is 137. The third-order valence-electron chi connectivity index (χ3n) is 2.39. The van der Waals surface area contributed by atoms with E-state index in [1.54, 1.807) is 0 Å². The Labute approximate surface area is 122 Å². The summed E-state index contributed by atoms with van der Waals surface area (Å²) in [4.78, 5) is 0. The van der Waals surface area contributed by atoms with Crippen molar-refractivity contribution in [3.8, 4) is 0 Å². The Morgan fingerprint density at radius 2 is 1.30 bits per heavy atom. The van der Waals surface area contributed by atoms with Crippen LogP contribution < -0.4 is 0 Å². The van der Waals surface area contributed by atoms with E-state index >= 15 is 0 Å². The summed E-state index contributed by atoms with van der Waals surface area (Å²) in [5, 5.41) is 0. The molecule has 0 heterocycles. The van der Waals surface area contributed by atoms with E-state index in [1.807, 2.05) is 0 Å². The van der Waals surface area contributed by atoms with Crippen LogP contribution in [0.5, 0.6) is 0 Å². The quantitative estimate of drug-likeness (QED) is 0.454. The maximum absolute atomic E-state index is 13.3. The van der Waals surface area contributed by atoms with Crippen LogP contribution in [0.25, 0.3) is 0 Å². The molecule has 1 unspecified atom stereocenters. The van der Waals surface area contributed by atoms with Crippen LogP contribution >= 0.6 is 0 Å². The Bertz CT molecular complexity index is 646. The molecular weight excluding hydrogens is 371 g/mol. The zero-order chi connectivity index (χ0) is 18.3. The van der Waals surface area contributed by atoms with Crippen LogP contribution in [0.15, 0.2) is 24.3 Å². The molecule has 1 aromatic carbocycles. The zero-order valence-electron chi connectivity index (χ0n) is 10.4. The lowest BCUT2D eigenvalue weighted by atomic mass is 10.0. The molecule has 0 aliphatic carbocycles. The molecule has 1 rings (SSSR count). The van der Waals surface area contributed by atoms with Crippen molar-refractivity contribution in [2.24, 2.45) is 0 Å². The van der Waals surface area contributed by atoms with Crippen molar-refractivity contribution in [3.05, 3.63) is 35.6 Å². The van der Waals surface area contributed by atoms with Gasteiger partial charge in [-0.25, -0.2) is 8.57 Å². The third-order valence-corrected chi connectivity index (χ3v) is 3.40. The monoisotopic (exact) mass is 376 g/mol. The molecule has 132 valence electrons. The summed E-state index contributed by atoms with van der Waals surface area (Å²) in [7, 11) is -6.77. The molecule has 0 bridgehead atoms. The Balaban J connectivity index is 3.42. The minimum atomic E-state index is -6.77. The lowest BCUT2D eigenvalue weighted by Crippen LogP contribution is -2.45. The van der Waals surface area contributed by atoms with E-state index in [0.29, 0.717) is 12.1 Å². The lowest BCUT2D eigenvalue weighted by molar-refractivity contribution is -0.311. The first kappa shape index (κ1) is 19.5. The molecule has 0 aliphatic heterocycles. The molecule has 3 nitrogen and oxygen atoms in total. The maximum Gasteiger partial charge on any atom is 0.523 e. The molecule has 0 N–H and O–H groups in total. The molecule has 0 amide bonds. The topological polar surface area (TPSA) is 43.4 Å². The Morgan fingerprint density at radius 1 is 0.870 bits per heavy atom. The van der Waals surface area contributed by atoms with Crippen molar-refractivity contribution >= 4 is 10.1 Å². The Kier molecular flexibility index (Phi) is 4.97. The minimum Gasteiger partial charge on any atom is -0.248 e. The Morgan fingerprint density at radius 3 is 1.65 bits per heavy atom. The standard InChI is InChI=1S/C10H5F9O3S/c11-6-3-1-5(2-4-6)7(8(12,13)9(14,15)16)22-23(20,21)10(17,18)19/h1-4,7H. The van der Waals surface area contributed by atoms with Crippen LogP contribution in [-0.4, -0.2) is 26.0 Å². The smallest absolute Gasteiger partial charge is 0.248 e. The van der Waals surface area contributed by atoms with E-state index in [9.17, 15) is 47.9 Å². The van der Waals surface area contributed by atoms with E-state index in [2.05, 4.69) is 4.18 Å². The van der Waals surface area contributed by atoms with Crippen LogP contribution in [0.4, 0.5) is 39.5 Å². The van der Waals surface area contributed by atoms with Gasteiger partial charge in [-0.1, -0.05) is 12.1 Å². The first-order valence-corrected chi connectivity index (χ1v) is 6.70. The van der Waals surface area contributed by atoms with Crippen LogP contribution in [0.1, 0.15) is 11.7 Å². The second-order valence-electron chi connectivity index (χ2n) is 4.05. The summed E-state index contributed by atoms with van der Waals surface area (Å²) in [6.07, 6.45) is -10.3. The fourth-order valence-corrected chi connectivity index (χ4v) is 1.89. The van der Waals surface area contributed by atoms with Gasteiger partial charge in [-0.15, -0.1) is 0 Å². The third kappa shape index (κ3) is 4.07. The number of benzene rings is 1. The largest absolute Gasteiger partial charge is 0.523 e. The average Bonchev–Trinajstić information content (AvgIpc) is 2.34. The van der Waals surface area contributed by atoms with Gasteiger partial charge in [0, 0.05) is 0 Å². The van der Waals surface area contributed by atoms with E-state index in [0.717, 1.165) is 0 Å². The van der Waals surface area contributed by atoms with Gasteiger partial charge in [0.2, 0.25) is 0 Å². The van der Waals surface area contributed by atoms with E-state index in [1.165, 1.54) is 0 Å². The van der Waals surface area contributed by atoms with Crippen molar-refractivity contribution in [1.29, 1.82) is 0 Å². The molecule has 1 atom stereocenters. The van der Waals surface area contributed by atoms with Crippen molar-refractivity contribution < 1.29 is 52.1 Å². The van der Waals surface area contributed by atoms with Crippen LogP contribution in [0.2, 0.25) is 0 Å². The van der Waals surface area contributed by atoms with Crippen molar-refractivity contribution in [2.45, 2.75) is 23.7 Å². The number of hydrogen-bond acceptors (Lipinski definition) is 3. The van der Waals surface area contributed by atoms with Gasteiger partial charge in [-0.2, -0.15) is 43.5 Å². The van der Waals surface area contributed by atoms with E-state index in [-0.39, 0.29) is 12.1 Å². The van der Waals surface area contributed by atoms with Gasteiger partial charge in [0.15, 0.2) is 6.10 Å². The number of hydrogen-bond donors (Lipinski definition) is 0. The second-order valence-corrected chi connectivity index (χ2v) is 5.61. The molecule has 0 aliphatic rings. The zero-order valence-corrected chi connectivity index (χ0v) is 11.2. The molecule has 23 heavy (non-hydrogen) atoms. The predicted molar refractivity (Wildman–Crippen MR) is 56.2 cm³/mol. The summed E-state index contributed by atoms with van der Waals surface area (Å²) >= 11 is 0. The minimum absolute atomic E-state index is 0.242. The lowest BCUT2D eigenvalue weighted by Gasteiger charge is -2.28. The molecule has 1 aromatic rings. The van der Waals surface area contributed by atoms with Gasteiger partial charge in [0.25, 0.3) is 0 Å². The highest BCUT2D eigenvalue weighted by Gasteiger charge is 2.66. The Hall–Kier alpha value is -1.50. The van der Waals surface area contributed by atoms with Crippen molar-refractivity contribution in [1.82, 2.24) is 0 Å². The summed E-state index contributed by atoms with van der Waals surface area (Å²) in [5.41, 5.74) is -7.55. The molecule has 0 fully saturated rings. The fourth-order valence-electron chi connectivity index (χ4n) is 1.29. The van der Waals surface area contributed by atoms with Gasteiger partial charge in [0.1, 0.15) is 5.82 Å². The highest BCUT2D eigenvalue weighted by molar-refractivity contribution is 7.87. The first-order valence-electron chi connectivity index (χ1n) is 5.29. The summed E-state index contributed by atoms with van der Waals surface area (Å²) in [6, 6.07) is 1.17. The molecular formula is C10H5F9O3S. The molecule has 0 radical (unpaired) electrons. The van der Waals surface area contributed by atoms with Crippen LogP contribution in [0.3, 0.4) is 0 Å². The first-order chi connectivity index (χ1) is 10.1. The summed E-state index contributed by atoms with van der Waals surface area (Å²) in [6.45, 7) is 0. The molecule has 0 aromatic heterocycles. The number of halogens is 9. The van der Waals surface area contributed by atoms with Crippen LogP contribution in [-0.2, 0) is 14.3 Å². The van der Waals surface area contributed by atoms with Gasteiger partial charge >= 0.3 is 27.7 Å². The molecule has 0 saturated carbocycles. The number of alkyl halides is 8. The predicted octanol–water partition coefficient (Wildman–Crippen LogP) is 3.93. The normalized spacial score (nSPS) is 15.5. The molecule has 0 spiro atoms. The van der Waals surface area contributed by atoms with Crippen molar-refractivity contribution in [3.63, 3.8) is 0 Å². The summed E-state index contributed by atoms with van der Waals surface area (Å²) in [5.74, 6) is -7.11. The van der Waals surface area contributed by atoms with Crippen molar-refractivity contribution in [2.75, 3.05) is 0 Å². The SMILES string of the molecule is O=S(=O)(OC(c1ccc(F)cc1)C(F)(F)C(F)(F)F)C(F)(F)F. The van der Waals surface area contributed by atoms with Gasteiger partial charge in [0.05, 0.1) is 0 Å². The highest BCUT2D eigenvalue weighted by atomic mass is 32.2. The molecule has 13 heteroatoms.